The van der Waals surface area contributed by atoms with Crippen LogP contribution < -0.4 is 0 Å². The standard InChI is InChI=1S/C6H13BrO3/c1-2-10-6(7)5-9-4-3-8/h6,8H,2-5H2,1H3. The van der Waals surface area contributed by atoms with Gasteiger partial charge in [-0.3, -0.25) is 0 Å². The second kappa shape index (κ2) is 7.47. The Balaban J connectivity index is 2.97. The van der Waals surface area contributed by atoms with Gasteiger partial charge in [0.15, 0.2) is 0 Å². The average molecular weight is 213 g/mol. The van der Waals surface area contributed by atoms with Crippen molar-refractivity contribution in [1.82, 2.24) is 0 Å². The highest BCUT2D eigenvalue weighted by atomic mass is 79.9. The van der Waals surface area contributed by atoms with Crippen LogP contribution in [0.5, 0.6) is 0 Å². The first-order valence-corrected chi connectivity index (χ1v) is 4.17. The van der Waals surface area contributed by atoms with Crippen molar-refractivity contribution in [1.29, 1.82) is 0 Å². The number of alkyl halides is 1. The minimum absolute atomic E-state index is 0.0518. The molecule has 3 nitrogen and oxygen atoms in total. The quantitative estimate of drug-likeness (QED) is 0.522. The van der Waals surface area contributed by atoms with Gasteiger partial charge in [-0.2, -0.15) is 0 Å². The first-order chi connectivity index (χ1) is 4.81. The summed E-state index contributed by atoms with van der Waals surface area (Å²) in [6.45, 7) is 3.49. The molecule has 4 heteroatoms. The molecule has 1 N–H and O–H groups in total. The van der Waals surface area contributed by atoms with E-state index >= 15 is 0 Å². The Morgan fingerprint density at radius 1 is 1.60 bits per heavy atom. The molecule has 62 valence electrons. The summed E-state index contributed by atoms with van der Waals surface area (Å²) in [6.07, 6.45) is 0. The zero-order chi connectivity index (χ0) is 7.82. The summed E-state index contributed by atoms with van der Waals surface area (Å²) in [7, 11) is 0. The Labute approximate surface area is 69.5 Å². The molecule has 0 heterocycles. The van der Waals surface area contributed by atoms with Gasteiger partial charge in [-0.05, 0) is 6.92 Å². The minimum atomic E-state index is -0.0518. The lowest BCUT2D eigenvalue weighted by Gasteiger charge is -2.08. The number of hydrogen-bond donors (Lipinski definition) is 1. The van der Waals surface area contributed by atoms with Crippen molar-refractivity contribution in [3.05, 3.63) is 0 Å². The maximum atomic E-state index is 8.33. The first-order valence-electron chi connectivity index (χ1n) is 3.25. The Hall–Kier alpha value is 0.360. The monoisotopic (exact) mass is 212 g/mol. The van der Waals surface area contributed by atoms with Gasteiger partial charge in [0.1, 0.15) is 5.01 Å². The third-order valence-corrected chi connectivity index (χ3v) is 1.36. The van der Waals surface area contributed by atoms with Gasteiger partial charge in [0.2, 0.25) is 0 Å². The lowest BCUT2D eigenvalue weighted by atomic mass is 10.7. The summed E-state index contributed by atoms with van der Waals surface area (Å²) in [5.74, 6) is 0. The third-order valence-electron chi connectivity index (χ3n) is 0.832. The Morgan fingerprint density at radius 2 is 2.30 bits per heavy atom. The summed E-state index contributed by atoms with van der Waals surface area (Å²) in [5, 5.41) is 8.28. The van der Waals surface area contributed by atoms with E-state index in [2.05, 4.69) is 15.9 Å². The summed E-state index contributed by atoms with van der Waals surface area (Å²) in [4.78, 5) is 0. The lowest BCUT2D eigenvalue weighted by molar-refractivity contribution is 0.0243. The summed E-state index contributed by atoms with van der Waals surface area (Å²) in [6, 6.07) is 0. The van der Waals surface area contributed by atoms with Crippen LogP contribution in [0, 0.1) is 0 Å². The first kappa shape index (κ1) is 10.4. The molecule has 0 saturated heterocycles. The van der Waals surface area contributed by atoms with Crippen LogP contribution in [0.25, 0.3) is 0 Å². The SMILES string of the molecule is CCOC(Br)COCCO. The molecule has 0 rings (SSSR count). The number of halogens is 1. The van der Waals surface area contributed by atoms with Crippen molar-refractivity contribution in [2.75, 3.05) is 26.4 Å². The molecule has 10 heavy (non-hydrogen) atoms. The predicted molar refractivity (Wildman–Crippen MR) is 42.2 cm³/mol. The van der Waals surface area contributed by atoms with Gasteiger partial charge < -0.3 is 14.6 Å². The molecule has 0 aliphatic heterocycles. The Kier molecular flexibility index (Phi) is 7.74. The maximum absolute atomic E-state index is 8.33. The molecule has 0 radical (unpaired) electrons. The van der Waals surface area contributed by atoms with E-state index in [1.165, 1.54) is 0 Å². The van der Waals surface area contributed by atoms with Crippen molar-refractivity contribution in [3.63, 3.8) is 0 Å². The second-order valence-corrected chi connectivity index (χ2v) is 2.69. The molecule has 0 aromatic rings. The van der Waals surface area contributed by atoms with Crippen molar-refractivity contribution >= 4 is 15.9 Å². The fraction of sp³-hybridized carbons (Fsp3) is 1.00. The van der Waals surface area contributed by atoms with E-state index in [1.54, 1.807) is 0 Å². The van der Waals surface area contributed by atoms with E-state index in [0.717, 1.165) is 0 Å². The summed E-state index contributed by atoms with van der Waals surface area (Å²) in [5.41, 5.74) is 0. The molecular weight excluding hydrogens is 200 g/mol. The zero-order valence-electron chi connectivity index (χ0n) is 6.05. The van der Waals surface area contributed by atoms with Crippen LogP contribution in [-0.2, 0) is 9.47 Å². The molecule has 0 fully saturated rings. The molecule has 0 aliphatic carbocycles. The van der Waals surface area contributed by atoms with Crippen molar-refractivity contribution in [2.45, 2.75) is 11.9 Å². The lowest BCUT2D eigenvalue weighted by Crippen LogP contribution is -2.14. The van der Waals surface area contributed by atoms with Gasteiger partial charge >= 0.3 is 0 Å². The Morgan fingerprint density at radius 3 is 2.80 bits per heavy atom. The molecule has 0 spiro atoms. The minimum Gasteiger partial charge on any atom is -0.394 e. The predicted octanol–water partition coefficient (Wildman–Crippen LogP) is 0.753. The van der Waals surface area contributed by atoms with E-state index < -0.39 is 0 Å². The molecule has 0 aromatic carbocycles. The largest absolute Gasteiger partial charge is 0.394 e. The van der Waals surface area contributed by atoms with Gasteiger partial charge in [0, 0.05) is 6.61 Å². The average Bonchev–Trinajstić information content (AvgIpc) is 1.89. The van der Waals surface area contributed by atoms with E-state index in [9.17, 15) is 0 Å². The van der Waals surface area contributed by atoms with Crippen LogP contribution >= 0.6 is 15.9 Å². The van der Waals surface area contributed by atoms with Crippen LogP contribution in [0.1, 0.15) is 6.92 Å². The van der Waals surface area contributed by atoms with Gasteiger partial charge in [-0.15, -0.1) is 0 Å². The number of hydrogen-bond acceptors (Lipinski definition) is 3. The molecule has 0 aliphatic rings. The molecular formula is C6H13BrO3. The van der Waals surface area contributed by atoms with Crippen LogP contribution in [-0.4, -0.2) is 36.5 Å². The van der Waals surface area contributed by atoms with E-state index in [4.69, 9.17) is 14.6 Å². The number of ether oxygens (including phenoxy) is 2. The molecule has 0 amide bonds. The number of aliphatic hydroxyl groups is 1. The highest BCUT2D eigenvalue weighted by Gasteiger charge is 2.00. The van der Waals surface area contributed by atoms with Gasteiger partial charge in [-0.1, -0.05) is 15.9 Å². The Bertz CT molecular complexity index is 70.0. The van der Waals surface area contributed by atoms with E-state index in [0.29, 0.717) is 19.8 Å². The normalized spacial score (nSPS) is 13.5. The maximum Gasteiger partial charge on any atom is 0.135 e. The second-order valence-electron chi connectivity index (χ2n) is 1.66. The van der Waals surface area contributed by atoms with Crippen LogP contribution in [0.4, 0.5) is 0 Å². The van der Waals surface area contributed by atoms with Gasteiger partial charge in [-0.25, -0.2) is 0 Å². The fourth-order valence-corrected chi connectivity index (χ4v) is 0.921. The molecule has 1 atom stereocenters. The molecule has 0 saturated carbocycles. The fourth-order valence-electron chi connectivity index (χ4n) is 0.469. The van der Waals surface area contributed by atoms with Crippen LogP contribution in [0.15, 0.2) is 0 Å². The zero-order valence-corrected chi connectivity index (χ0v) is 7.63. The smallest absolute Gasteiger partial charge is 0.135 e. The van der Waals surface area contributed by atoms with E-state index in [1.807, 2.05) is 6.92 Å². The topological polar surface area (TPSA) is 38.7 Å². The van der Waals surface area contributed by atoms with Crippen molar-refractivity contribution < 1.29 is 14.6 Å². The van der Waals surface area contributed by atoms with Crippen molar-refractivity contribution in [3.8, 4) is 0 Å². The molecule has 1 unspecified atom stereocenters. The summed E-state index contributed by atoms with van der Waals surface area (Å²) >= 11 is 3.24. The highest BCUT2D eigenvalue weighted by molar-refractivity contribution is 9.09. The van der Waals surface area contributed by atoms with E-state index in [-0.39, 0.29) is 11.6 Å². The number of aliphatic hydroxyl groups excluding tert-OH is 1. The molecule has 0 bridgehead atoms. The third kappa shape index (κ3) is 6.48. The van der Waals surface area contributed by atoms with Crippen molar-refractivity contribution in [2.24, 2.45) is 0 Å². The van der Waals surface area contributed by atoms with Crippen LogP contribution in [0.3, 0.4) is 0 Å². The number of rotatable bonds is 6. The highest BCUT2D eigenvalue weighted by Crippen LogP contribution is 2.00. The van der Waals surface area contributed by atoms with Crippen LogP contribution in [0.2, 0.25) is 0 Å². The molecule has 0 aromatic heterocycles. The summed E-state index contributed by atoms with van der Waals surface area (Å²) < 4.78 is 10.1. The van der Waals surface area contributed by atoms with Gasteiger partial charge in [0.25, 0.3) is 0 Å². The van der Waals surface area contributed by atoms with Gasteiger partial charge in [0.05, 0.1) is 19.8 Å².